The molecule has 0 saturated heterocycles. The lowest BCUT2D eigenvalue weighted by Crippen LogP contribution is -2.32. The van der Waals surface area contributed by atoms with Crippen molar-refractivity contribution in [3.8, 4) is 6.07 Å². The van der Waals surface area contributed by atoms with Crippen LogP contribution in [0.15, 0.2) is 24.3 Å². The van der Waals surface area contributed by atoms with Crippen LogP contribution < -0.4 is 0 Å². The molecule has 0 aliphatic heterocycles. The Morgan fingerprint density at radius 1 is 0.963 bits per heavy atom. The summed E-state index contributed by atoms with van der Waals surface area (Å²) in [6, 6.07) is 9.70. The van der Waals surface area contributed by atoms with Gasteiger partial charge in [0.15, 0.2) is 0 Å². The van der Waals surface area contributed by atoms with Crippen LogP contribution in [0.4, 0.5) is 0 Å². The number of hydrogen-bond acceptors (Lipinski definition) is 5. The molecule has 0 aliphatic carbocycles. The van der Waals surface area contributed by atoms with Crippen LogP contribution in [0.25, 0.3) is 0 Å². The molecule has 1 rings (SSSR count). The van der Waals surface area contributed by atoms with Gasteiger partial charge in [0.1, 0.15) is 0 Å². The summed E-state index contributed by atoms with van der Waals surface area (Å²) in [5.74, 6) is -0.176. The molecule has 0 spiro atoms. The third-order valence-corrected chi connectivity index (χ3v) is 4.43. The van der Waals surface area contributed by atoms with E-state index in [1.54, 1.807) is 0 Å². The van der Waals surface area contributed by atoms with E-state index >= 15 is 0 Å². The molecule has 0 radical (unpaired) electrons. The van der Waals surface area contributed by atoms with Crippen molar-refractivity contribution in [2.45, 2.75) is 53.0 Å². The number of unbranched alkanes of at least 4 members (excludes halogenated alkanes) is 1. The lowest BCUT2D eigenvalue weighted by atomic mass is 10.1. The highest BCUT2D eigenvalue weighted by Crippen LogP contribution is 2.09. The van der Waals surface area contributed by atoms with Crippen molar-refractivity contribution in [2.75, 3.05) is 39.3 Å². The van der Waals surface area contributed by atoms with Crippen LogP contribution in [0.1, 0.15) is 57.6 Å². The minimum Gasteiger partial charge on any atom is -0.465 e. The number of benzene rings is 1. The second kappa shape index (κ2) is 14.2. The standard InChI is InChI=1S/C22H35N3O2/c1-4-13-24(14-5-2)15-7-8-16-25(19-22(26)27-6-3)18-21-11-9-20(17-23)10-12-21/h9-12H,4-8,13-16,18-19H2,1-3H3. The molecule has 0 heterocycles. The monoisotopic (exact) mass is 373 g/mol. The summed E-state index contributed by atoms with van der Waals surface area (Å²) in [7, 11) is 0. The predicted molar refractivity (Wildman–Crippen MR) is 109 cm³/mol. The maximum Gasteiger partial charge on any atom is 0.320 e. The van der Waals surface area contributed by atoms with Crippen molar-refractivity contribution in [3.63, 3.8) is 0 Å². The van der Waals surface area contributed by atoms with Crippen LogP contribution in [0.5, 0.6) is 0 Å². The molecule has 0 fully saturated rings. The number of nitriles is 1. The smallest absolute Gasteiger partial charge is 0.320 e. The van der Waals surface area contributed by atoms with Gasteiger partial charge >= 0.3 is 5.97 Å². The van der Waals surface area contributed by atoms with Gasteiger partial charge in [0, 0.05) is 6.54 Å². The molecule has 0 unspecified atom stereocenters. The first-order valence-corrected chi connectivity index (χ1v) is 10.2. The van der Waals surface area contributed by atoms with Crippen LogP contribution in [0.3, 0.4) is 0 Å². The van der Waals surface area contributed by atoms with E-state index in [-0.39, 0.29) is 5.97 Å². The van der Waals surface area contributed by atoms with E-state index in [2.05, 4.69) is 29.7 Å². The third-order valence-electron chi connectivity index (χ3n) is 4.43. The average molecular weight is 374 g/mol. The quantitative estimate of drug-likeness (QED) is 0.366. The van der Waals surface area contributed by atoms with Gasteiger partial charge in [-0.2, -0.15) is 5.26 Å². The number of carbonyl (C=O) groups is 1. The van der Waals surface area contributed by atoms with Crippen molar-refractivity contribution in [3.05, 3.63) is 35.4 Å². The Morgan fingerprint density at radius 2 is 1.56 bits per heavy atom. The maximum atomic E-state index is 11.9. The van der Waals surface area contributed by atoms with Crippen LogP contribution in [-0.4, -0.2) is 55.1 Å². The molecule has 0 aromatic heterocycles. The number of esters is 1. The van der Waals surface area contributed by atoms with E-state index in [0.717, 1.165) is 44.6 Å². The van der Waals surface area contributed by atoms with Gasteiger partial charge in [0.25, 0.3) is 0 Å². The second-order valence-corrected chi connectivity index (χ2v) is 6.87. The first kappa shape index (κ1) is 23.1. The Kier molecular flexibility index (Phi) is 12.2. The molecule has 5 heteroatoms. The minimum absolute atomic E-state index is 0.176. The summed E-state index contributed by atoms with van der Waals surface area (Å²) >= 11 is 0. The molecule has 0 N–H and O–H groups in total. The van der Waals surface area contributed by atoms with Gasteiger partial charge in [-0.1, -0.05) is 26.0 Å². The van der Waals surface area contributed by atoms with Crippen molar-refractivity contribution < 1.29 is 9.53 Å². The lowest BCUT2D eigenvalue weighted by Gasteiger charge is -2.23. The van der Waals surface area contributed by atoms with Crippen molar-refractivity contribution >= 4 is 5.97 Å². The van der Waals surface area contributed by atoms with Gasteiger partial charge in [-0.3, -0.25) is 9.69 Å². The fourth-order valence-electron chi connectivity index (χ4n) is 3.18. The third kappa shape index (κ3) is 10.1. The van der Waals surface area contributed by atoms with Crippen molar-refractivity contribution in [1.29, 1.82) is 5.26 Å². The SMILES string of the molecule is CCCN(CCC)CCCCN(CC(=O)OCC)Cc1ccc(C#N)cc1. The van der Waals surface area contributed by atoms with E-state index in [1.807, 2.05) is 31.2 Å². The highest BCUT2D eigenvalue weighted by Gasteiger charge is 2.12. The molecule has 27 heavy (non-hydrogen) atoms. The lowest BCUT2D eigenvalue weighted by molar-refractivity contribution is -0.144. The predicted octanol–water partition coefficient (Wildman–Crippen LogP) is 3.83. The summed E-state index contributed by atoms with van der Waals surface area (Å²) in [4.78, 5) is 16.6. The molecular weight excluding hydrogens is 338 g/mol. The molecule has 150 valence electrons. The zero-order chi connectivity index (χ0) is 19.9. The molecule has 0 aliphatic rings. The van der Waals surface area contributed by atoms with Gasteiger partial charge in [0.05, 0.1) is 24.8 Å². The minimum atomic E-state index is -0.176. The zero-order valence-electron chi connectivity index (χ0n) is 17.2. The maximum absolute atomic E-state index is 11.9. The molecule has 0 amide bonds. The molecule has 1 aromatic rings. The zero-order valence-corrected chi connectivity index (χ0v) is 17.2. The van der Waals surface area contributed by atoms with Crippen LogP contribution >= 0.6 is 0 Å². The fourth-order valence-corrected chi connectivity index (χ4v) is 3.18. The van der Waals surface area contributed by atoms with Crippen LogP contribution in [-0.2, 0) is 16.1 Å². The molecule has 5 nitrogen and oxygen atoms in total. The second-order valence-electron chi connectivity index (χ2n) is 6.87. The first-order chi connectivity index (χ1) is 13.1. The van der Waals surface area contributed by atoms with Gasteiger partial charge in [-0.25, -0.2) is 0 Å². The number of nitrogens with zero attached hydrogens (tertiary/aromatic N) is 3. The molecule has 0 bridgehead atoms. The highest BCUT2D eigenvalue weighted by molar-refractivity contribution is 5.71. The number of ether oxygens (including phenoxy) is 1. The Bertz CT molecular complexity index is 560. The summed E-state index contributed by atoms with van der Waals surface area (Å²) in [6.45, 7) is 12.0. The Balaban J connectivity index is 2.54. The van der Waals surface area contributed by atoms with Gasteiger partial charge in [-0.05, 0) is 76.5 Å². The van der Waals surface area contributed by atoms with Crippen molar-refractivity contribution in [1.82, 2.24) is 9.80 Å². The van der Waals surface area contributed by atoms with E-state index in [1.165, 1.54) is 12.8 Å². The Labute approximate surface area is 164 Å². The van der Waals surface area contributed by atoms with E-state index in [9.17, 15) is 4.79 Å². The summed E-state index contributed by atoms with van der Waals surface area (Å²) in [6.07, 6.45) is 4.56. The highest BCUT2D eigenvalue weighted by atomic mass is 16.5. The van der Waals surface area contributed by atoms with E-state index < -0.39 is 0 Å². The van der Waals surface area contributed by atoms with Gasteiger partial charge in [-0.15, -0.1) is 0 Å². The molecular formula is C22H35N3O2. The first-order valence-electron chi connectivity index (χ1n) is 10.2. The van der Waals surface area contributed by atoms with Crippen LogP contribution in [0, 0.1) is 11.3 Å². The van der Waals surface area contributed by atoms with Gasteiger partial charge in [0.2, 0.25) is 0 Å². The number of hydrogen-bond donors (Lipinski definition) is 0. The summed E-state index contributed by atoms with van der Waals surface area (Å²) in [5.41, 5.74) is 1.76. The fraction of sp³-hybridized carbons (Fsp3) is 0.636. The summed E-state index contributed by atoms with van der Waals surface area (Å²) < 4.78 is 5.12. The van der Waals surface area contributed by atoms with Crippen molar-refractivity contribution in [2.24, 2.45) is 0 Å². The largest absolute Gasteiger partial charge is 0.465 e. The number of carbonyl (C=O) groups excluding carboxylic acids is 1. The molecule has 0 atom stereocenters. The molecule has 1 aromatic carbocycles. The van der Waals surface area contributed by atoms with E-state index in [4.69, 9.17) is 10.00 Å². The number of rotatable bonds is 14. The average Bonchev–Trinajstić information content (AvgIpc) is 2.66. The molecule has 0 saturated carbocycles. The Hall–Kier alpha value is -1.90. The topological polar surface area (TPSA) is 56.6 Å². The van der Waals surface area contributed by atoms with E-state index in [0.29, 0.717) is 25.3 Å². The normalized spacial score (nSPS) is 11.0. The Morgan fingerprint density at radius 3 is 2.07 bits per heavy atom. The van der Waals surface area contributed by atoms with Crippen LogP contribution in [0.2, 0.25) is 0 Å². The van der Waals surface area contributed by atoms with Gasteiger partial charge < -0.3 is 9.64 Å². The summed E-state index contributed by atoms with van der Waals surface area (Å²) in [5, 5.41) is 8.93.